The molecular formula is C5H13ClN2O2. The lowest BCUT2D eigenvalue weighted by molar-refractivity contribution is -0.135. The number of halogens is 1. The molecule has 0 saturated heterocycles. The summed E-state index contributed by atoms with van der Waals surface area (Å²) in [6.07, 6.45) is 0.827. The van der Waals surface area contributed by atoms with Gasteiger partial charge in [0.15, 0.2) is 0 Å². The Hall–Kier alpha value is -0.320. The van der Waals surface area contributed by atoms with E-state index >= 15 is 0 Å². The summed E-state index contributed by atoms with van der Waals surface area (Å²) >= 11 is 0. The molecule has 0 atom stereocenters. The van der Waals surface area contributed by atoms with Crippen molar-refractivity contribution < 1.29 is 9.90 Å². The molecule has 0 saturated carbocycles. The van der Waals surface area contributed by atoms with Gasteiger partial charge in [-0.3, -0.25) is 4.79 Å². The molecule has 0 aliphatic carbocycles. The van der Waals surface area contributed by atoms with Gasteiger partial charge in [-0.1, -0.05) is 0 Å². The van der Waals surface area contributed by atoms with Crippen molar-refractivity contribution in [1.29, 1.82) is 0 Å². The molecule has 10 heavy (non-hydrogen) atoms. The first kappa shape index (κ1) is 12.4. The van der Waals surface area contributed by atoms with E-state index in [1.807, 2.05) is 0 Å². The number of carboxylic acid groups (broad SMARTS) is 1. The van der Waals surface area contributed by atoms with Crippen LogP contribution in [0.4, 0.5) is 0 Å². The van der Waals surface area contributed by atoms with Gasteiger partial charge >= 0.3 is 5.97 Å². The molecule has 0 rings (SSSR count). The molecule has 0 aromatic rings. The SMILES string of the molecule is Cl.NCCCNCC(=O)O. The average molecular weight is 169 g/mol. The van der Waals surface area contributed by atoms with Gasteiger partial charge < -0.3 is 16.2 Å². The van der Waals surface area contributed by atoms with Crippen LogP contribution in [0.5, 0.6) is 0 Å². The highest BCUT2D eigenvalue weighted by Gasteiger charge is 1.91. The maximum absolute atomic E-state index is 9.87. The van der Waals surface area contributed by atoms with E-state index in [0.29, 0.717) is 13.1 Å². The van der Waals surface area contributed by atoms with Crippen LogP contribution in [0.2, 0.25) is 0 Å². The lowest BCUT2D eigenvalue weighted by atomic mass is 10.4. The van der Waals surface area contributed by atoms with Crippen molar-refractivity contribution >= 4 is 18.4 Å². The third-order valence-electron chi connectivity index (χ3n) is 0.834. The highest BCUT2D eigenvalue weighted by molar-refractivity contribution is 5.85. The van der Waals surface area contributed by atoms with Crippen molar-refractivity contribution in [2.45, 2.75) is 6.42 Å². The molecule has 0 unspecified atom stereocenters. The quantitative estimate of drug-likeness (QED) is 0.481. The number of carboxylic acids is 1. The lowest BCUT2D eigenvalue weighted by Crippen LogP contribution is -2.24. The van der Waals surface area contributed by atoms with Gasteiger partial charge in [0.1, 0.15) is 0 Å². The van der Waals surface area contributed by atoms with Crippen molar-refractivity contribution in [3.63, 3.8) is 0 Å². The highest BCUT2D eigenvalue weighted by Crippen LogP contribution is 1.68. The average Bonchev–Trinajstić information content (AvgIpc) is 1.80. The van der Waals surface area contributed by atoms with Crippen LogP contribution in [-0.4, -0.2) is 30.7 Å². The van der Waals surface area contributed by atoms with Crippen LogP contribution in [0.1, 0.15) is 6.42 Å². The highest BCUT2D eigenvalue weighted by atomic mass is 35.5. The molecule has 0 fully saturated rings. The summed E-state index contributed by atoms with van der Waals surface area (Å²) in [5.74, 6) is -0.827. The minimum Gasteiger partial charge on any atom is -0.480 e. The van der Waals surface area contributed by atoms with Gasteiger partial charge in [-0.25, -0.2) is 0 Å². The summed E-state index contributed by atoms with van der Waals surface area (Å²) in [6, 6.07) is 0. The zero-order chi connectivity index (χ0) is 7.11. The van der Waals surface area contributed by atoms with E-state index in [2.05, 4.69) is 5.32 Å². The van der Waals surface area contributed by atoms with Gasteiger partial charge in [0.05, 0.1) is 6.54 Å². The van der Waals surface area contributed by atoms with Gasteiger partial charge in [-0.2, -0.15) is 0 Å². The molecule has 0 spiro atoms. The Labute approximate surface area is 66.2 Å². The second kappa shape index (κ2) is 8.68. The van der Waals surface area contributed by atoms with Gasteiger partial charge in [0.25, 0.3) is 0 Å². The van der Waals surface area contributed by atoms with Crippen LogP contribution in [0, 0.1) is 0 Å². The Morgan fingerprint density at radius 3 is 2.60 bits per heavy atom. The van der Waals surface area contributed by atoms with Crippen molar-refractivity contribution in [2.24, 2.45) is 5.73 Å². The monoisotopic (exact) mass is 168 g/mol. The van der Waals surface area contributed by atoms with Crippen molar-refractivity contribution in [3.05, 3.63) is 0 Å². The fourth-order valence-corrected chi connectivity index (χ4v) is 0.422. The van der Waals surface area contributed by atoms with Crippen molar-refractivity contribution in [2.75, 3.05) is 19.6 Å². The molecule has 0 radical (unpaired) electrons. The Bertz CT molecular complexity index is 89.7. The summed E-state index contributed by atoms with van der Waals surface area (Å²) in [5, 5.41) is 10.8. The Kier molecular flexibility index (Phi) is 10.7. The molecule has 5 heteroatoms. The molecular weight excluding hydrogens is 156 g/mol. The Morgan fingerprint density at radius 2 is 2.20 bits per heavy atom. The molecule has 4 nitrogen and oxygen atoms in total. The zero-order valence-corrected chi connectivity index (χ0v) is 6.49. The minimum atomic E-state index is -0.827. The third-order valence-corrected chi connectivity index (χ3v) is 0.834. The molecule has 62 valence electrons. The van der Waals surface area contributed by atoms with Crippen molar-refractivity contribution in [1.82, 2.24) is 5.32 Å². The predicted molar refractivity (Wildman–Crippen MR) is 41.4 cm³/mol. The van der Waals surface area contributed by atoms with E-state index in [4.69, 9.17) is 10.8 Å². The molecule has 0 aromatic carbocycles. The van der Waals surface area contributed by atoms with Crippen LogP contribution >= 0.6 is 12.4 Å². The fraction of sp³-hybridized carbons (Fsp3) is 0.800. The first-order valence-electron chi connectivity index (χ1n) is 2.90. The standard InChI is InChI=1S/C5H12N2O2.ClH/c6-2-1-3-7-4-5(8)9;/h7H,1-4,6H2,(H,8,9);1H. The van der Waals surface area contributed by atoms with E-state index in [9.17, 15) is 4.79 Å². The van der Waals surface area contributed by atoms with E-state index in [0.717, 1.165) is 6.42 Å². The molecule has 4 N–H and O–H groups in total. The summed E-state index contributed by atoms with van der Waals surface area (Å²) in [5.41, 5.74) is 5.16. The number of carbonyl (C=O) groups is 1. The van der Waals surface area contributed by atoms with Crippen LogP contribution < -0.4 is 11.1 Å². The summed E-state index contributed by atoms with van der Waals surface area (Å²) in [7, 11) is 0. The van der Waals surface area contributed by atoms with E-state index in [-0.39, 0.29) is 19.0 Å². The summed E-state index contributed by atoms with van der Waals surface area (Å²) < 4.78 is 0. The maximum Gasteiger partial charge on any atom is 0.317 e. The van der Waals surface area contributed by atoms with E-state index in [1.165, 1.54) is 0 Å². The lowest BCUT2D eigenvalue weighted by Gasteiger charge is -1.96. The van der Waals surface area contributed by atoms with Crippen LogP contribution in [0.3, 0.4) is 0 Å². The summed E-state index contributed by atoms with van der Waals surface area (Å²) in [6.45, 7) is 1.31. The predicted octanol–water partition coefficient (Wildman–Crippen LogP) is -0.569. The molecule has 0 bridgehead atoms. The second-order valence-electron chi connectivity index (χ2n) is 1.71. The van der Waals surface area contributed by atoms with Gasteiger partial charge in [0.2, 0.25) is 0 Å². The molecule has 0 aliphatic heterocycles. The molecule has 0 aliphatic rings. The molecule has 0 heterocycles. The van der Waals surface area contributed by atoms with Crippen LogP contribution in [0.15, 0.2) is 0 Å². The number of nitrogens with two attached hydrogens (primary N) is 1. The number of aliphatic carboxylic acids is 1. The molecule has 0 amide bonds. The molecule has 0 aromatic heterocycles. The number of nitrogens with one attached hydrogen (secondary N) is 1. The summed E-state index contributed by atoms with van der Waals surface area (Å²) in [4.78, 5) is 9.87. The smallest absolute Gasteiger partial charge is 0.317 e. The zero-order valence-electron chi connectivity index (χ0n) is 5.67. The third kappa shape index (κ3) is 10.6. The van der Waals surface area contributed by atoms with E-state index in [1.54, 1.807) is 0 Å². The van der Waals surface area contributed by atoms with Gasteiger partial charge in [-0.15, -0.1) is 12.4 Å². The van der Waals surface area contributed by atoms with Crippen LogP contribution in [0.25, 0.3) is 0 Å². The Balaban J connectivity index is 0. The fourth-order valence-electron chi connectivity index (χ4n) is 0.422. The Morgan fingerprint density at radius 1 is 1.60 bits per heavy atom. The van der Waals surface area contributed by atoms with Crippen molar-refractivity contribution in [3.8, 4) is 0 Å². The second-order valence-corrected chi connectivity index (χ2v) is 1.71. The first-order chi connectivity index (χ1) is 4.27. The van der Waals surface area contributed by atoms with Crippen LogP contribution in [-0.2, 0) is 4.79 Å². The largest absolute Gasteiger partial charge is 0.480 e. The first-order valence-corrected chi connectivity index (χ1v) is 2.90. The van der Waals surface area contributed by atoms with E-state index < -0.39 is 5.97 Å². The number of hydrogen-bond acceptors (Lipinski definition) is 3. The maximum atomic E-state index is 9.87. The topological polar surface area (TPSA) is 75.3 Å². The number of hydrogen-bond donors (Lipinski definition) is 3. The van der Waals surface area contributed by atoms with Gasteiger partial charge in [0, 0.05) is 0 Å². The van der Waals surface area contributed by atoms with Gasteiger partial charge in [-0.05, 0) is 19.5 Å². The normalized spacial score (nSPS) is 8.50. The number of rotatable bonds is 5. The minimum absolute atomic E-state index is 0.